The number of hydrogen-bond donors (Lipinski definition) is 1. The lowest BCUT2D eigenvalue weighted by Crippen LogP contribution is -2.58. The molecule has 0 saturated carbocycles. The van der Waals surface area contributed by atoms with Crippen molar-refractivity contribution in [2.24, 2.45) is 5.92 Å². The Kier molecular flexibility index (Phi) is 5.35. The molecule has 130 valence electrons. The molecule has 2 fully saturated rings. The first-order valence-electron chi connectivity index (χ1n) is 8.58. The van der Waals surface area contributed by atoms with Crippen LogP contribution in [-0.4, -0.2) is 61.1 Å². The maximum Gasteiger partial charge on any atom is 0.410 e. The average Bonchev–Trinajstić information content (AvgIpc) is 2.59. The molecule has 0 bridgehead atoms. The van der Waals surface area contributed by atoms with Gasteiger partial charge in [-0.3, -0.25) is 4.79 Å². The van der Waals surface area contributed by atoms with E-state index in [-0.39, 0.29) is 30.6 Å². The molecule has 0 radical (unpaired) electrons. The summed E-state index contributed by atoms with van der Waals surface area (Å²) < 4.78 is 5.29. The summed E-state index contributed by atoms with van der Waals surface area (Å²) in [5, 5.41) is 3.33. The van der Waals surface area contributed by atoms with Gasteiger partial charge in [0.2, 0.25) is 5.91 Å². The van der Waals surface area contributed by atoms with Crippen LogP contribution >= 0.6 is 0 Å². The van der Waals surface area contributed by atoms with Gasteiger partial charge in [0.15, 0.2) is 0 Å². The predicted molar refractivity (Wildman–Crippen MR) is 90.4 cm³/mol. The van der Waals surface area contributed by atoms with E-state index in [9.17, 15) is 9.59 Å². The van der Waals surface area contributed by atoms with Crippen molar-refractivity contribution in [3.05, 3.63) is 35.9 Å². The summed E-state index contributed by atoms with van der Waals surface area (Å²) in [6.07, 6.45) is 1.81. The molecule has 0 spiro atoms. The van der Waals surface area contributed by atoms with Crippen LogP contribution in [0.1, 0.15) is 18.4 Å². The van der Waals surface area contributed by atoms with Crippen LogP contribution in [0.25, 0.3) is 0 Å². The molecule has 2 amide bonds. The number of ether oxygens (including phenoxy) is 1. The van der Waals surface area contributed by atoms with Crippen molar-refractivity contribution in [1.82, 2.24) is 15.1 Å². The average molecular weight is 331 g/mol. The molecular weight excluding hydrogens is 306 g/mol. The fourth-order valence-electron chi connectivity index (χ4n) is 3.23. The lowest BCUT2D eigenvalue weighted by Gasteiger charge is -2.41. The van der Waals surface area contributed by atoms with Gasteiger partial charge in [0.25, 0.3) is 0 Å². The summed E-state index contributed by atoms with van der Waals surface area (Å²) in [5.41, 5.74) is 0.962. The van der Waals surface area contributed by atoms with Crippen LogP contribution in [0.4, 0.5) is 4.79 Å². The van der Waals surface area contributed by atoms with Crippen LogP contribution < -0.4 is 5.32 Å². The molecule has 3 rings (SSSR count). The minimum atomic E-state index is -0.343. The normalized spacial score (nSPS) is 21.0. The molecule has 2 heterocycles. The van der Waals surface area contributed by atoms with Crippen molar-refractivity contribution in [2.45, 2.75) is 25.5 Å². The van der Waals surface area contributed by atoms with Gasteiger partial charge in [-0.15, -0.1) is 0 Å². The highest BCUT2D eigenvalue weighted by Gasteiger charge is 2.39. The number of carbonyl (C=O) groups is 2. The van der Waals surface area contributed by atoms with Crippen molar-refractivity contribution in [3.8, 4) is 0 Å². The lowest BCUT2D eigenvalue weighted by molar-refractivity contribution is -0.141. The van der Waals surface area contributed by atoms with Crippen molar-refractivity contribution < 1.29 is 14.3 Å². The third-order valence-electron chi connectivity index (χ3n) is 4.86. The van der Waals surface area contributed by atoms with Gasteiger partial charge in [-0.1, -0.05) is 30.3 Å². The van der Waals surface area contributed by atoms with Crippen LogP contribution in [0.15, 0.2) is 30.3 Å². The van der Waals surface area contributed by atoms with Crippen LogP contribution in [0.2, 0.25) is 0 Å². The zero-order valence-electron chi connectivity index (χ0n) is 14.1. The number of likely N-dealkylation sites (tertiary alicyclic amines) is 1. The number of amides is 2. The number of benzene rings is 1. The van der Waals surface area contributed by atoms with E-state index in [0.29, 0.717) is 13.1 Å². The zero-order chi connectivity index (χ0) is 16.9. The van der Waals surface area contributed by atoms with E-state index in [1.807, 2.05) is 42.3 Å². The third-order valence-corrected chi connectivity index (χ3v) is 4.86. The minimum absolute atomic E-state index is 0.0961. The third kappa shape index (κ3) is 3.87. The Labute approximate surface area is 142 Å². The second kappa shape index (κ2) is 7.66. The molecule has 1 aromatic carbocycles. The second-order valence-corrected chi connectivity index (χ2v) is 6.59. The topological polar surface area (TPSA) is 61.9 Å². The van der Waals surface area contributed by atoms with E-state index >= 15 is 0 Å². The molecule has 0 aromatic heterocycles. The Morgan fingerprint density at radius 1 is 1.29 bits per heavy atom. The van der Waals surface area contributed by atoms with Gasteiger partial charge >= 0.3 is 6.09 Å². The first-order valence-corrected chi connectivity index (χ1v) is 8.58. The van der Waals surface area contributed by atoms with Crippen molar-refractivity contribution in [2.75, 3.05) is 33.2 Å². The lowest BCUT2D eigenvalue weighted by atomic mass is 9.97. The van der Waals surface area contributed by atoms with Crippen LogP contribution in [0.5, 0.6) is 0 Å². The molecule has 2 aliphatic rings. The molecule has 2 aliphatic heterocycles. The molecule has 1 atom stereocenters. The fourth-order valence-corrected chi connectivity index (χ4v) is 3.23. The van der Waals surface area contributed by atoms with Crippen LogP contribution in [0.3, 0.4) is 0 Å². The second-order valence-electron chi connectivity index (χ2n) is 6.59. The number of likely N-dealkylation sites (N-methyl/N-ethyl adjacent to an activating group) is 1. The highest BCUT2D eigenvalue weighted by Crippen LogP contribution is 2.21. The number of nitrogens with zero attached hydrogens (tertiary/aromatic N) is 2. The van der Waals surface area contributed by atoms with Gasteiger partial charge < -0.3 is 19.9 Å². The SMILES string of the molecule is CN(C(=O)C1CN(C(=O)OCc2ccccc2)C1)[C@@H]1CCCNC1. The molecule has 0 aliphatic carbocycles. The standard InChI is InChI=1S/C18H25N3O3/c1-20(16-8-5-9-19-10-16)17(22)15-11-21(12-15)18(23)24-13-14-6-3-2-4-7-14/h2-4,6-7,15-16,19H,5,8-13H2,1H3/t16-/m1/s1. The first kappa shape index (κ1) is 16.8. The number of rotatable bonds is 4. The summed E-state index contributed by atoms with van der Waals surface area (Å²) >= 11 is 0. The van der Waals surface area contributed by atoms with Gasteiger partial charge in [0.05, 0.1) is 5.92 Å². The Morgan fingerprint density at radius 3 is 2.71 bits per heavy atom. The van der Waals surface area contributed by atoms with E-state index < -0.39 is 0 Å². The van der Waals surface area contributed by atoms with Gasteiger partial charge in [0.1, 0.15) is 6.61 Å². The van der Waals surface area contributed by atoms with Gasteiger partial charge in [0, 0.05) is 32.7 Å². The van der Waals surface area contributed by atoms with E-state index in [1.54, 1.807) is 4.90 Å². The molecular formula is C18H25N3O3. The van der Waals surface area contributed by atoms with E-state index in [2.05, 4.69) is 5.32 Å². The number of piperidine rings is 1. The molecule has 1 aromatic rings. The van der Waals surface area contributed by atoms with Crippen molar-refractivity contribution in [3.63, 3.8) is 0 Å². The summed E-state index contributed by atoms with van der Waals surface area (Å²) in [6.45, 7) is 3.07. The smallest absolute Gasteiger partial charge is 0.410 e. The minimum Gasteiger partial charge on any atom is -0.445 e. The highest BCUT2D eigenvalue weighted by molar-refractivity contribution is 5.82. The maximum absolute atomic E-state index is 12.5. The quantitative estimate of drug-likeness (QED) is 0.907. The Balaban J connectivity index is 1.41. The van der Waals surface area contributed by atoms with Gasteiger partial charge in [-0.2, -0.15) is 0 Å². The van der Waals surface area contributed by atoms with E-state index in [4.69, 9.17) is 4.74 Å². The predicted octanol–water partition coefficient (Wildman–Crippen LogP) is 1.47. The summed E-state index contributed by atoms with van der Waals surface area (Å²) in [6, 6.07) is 9.86. The van der Waals surface area contributed by atoms with E-state index in [0.717, 1.165) is 31.5 Å². The first-order chi connectivity index (χ1) is 11.6. The molecule has 6 heteroatoms. The Morgan fingerprint density at radius 2 is 2.04 bits per heavy atom. The monoisotopic (exact) mass is 331 g/mol. The number of hydrogen-bond acceptors (Lipinski definition) is 4. The van der Waals surface area contributed by atoms with Gasteiger partial charge in [-0.25, -0.2) is 4.79 Å². The number of nitrogens with one attached hydrogen (secondary N) is 1. The fraction of sp³-hybridized carbons (Fsp3) is 0.556. The molecule has 1 N–H and O–H groups in total. The van der Waals surface area contributed by atoms with Crippen LogP contribution in [0, 0.1) is 5.92 Å². The van der Waals surface area contributed by atoms with Crippen molar-refractivity contribution >= 4 is 12.0 Å². The summed E-state index contributed by atoms with van der Waals surface area (Å²) in [5.74, 6) is 0.0389. The summed E-state index contributed by atoms with van der Waals surface area (Å²) in [4.78, 5) is 27.9. The Bertz CT molecular complexity index is 566. The molecule has 2 saturated heterocycles. The van der Waals surface area contributed by atoms with Crippen LogP contribution in [-0.2, 0) is 16.1 Å². The molecule has 6 nitrogen and oxygen atoms in total. The zero-order valence-corrected chi connectivity index (χ0v) is 14.1. The Hall–Kier alpha value is -2.08. The van der Waals surface area contributed by atoms with Gasteiger partial charge in [-0.05, 0) is 24.9 Å². The van der Waals surface area contributed by atoms with Crippen molar-refractivity contribution in [1.29, 1.82) is 0 Å². The molecule has 24 heavy (non-hydrogen) atoms. The van der Waals surface area contributed by atoms with E-state index in [1.165, 1.54) is 0 Å². The summed E-state index contributed by atoms with van der Waals surface area (Å²) in [7, 11) is 1.87. The number of carbonyl (C=O) groups excluding carboxylic acids is 2. The largest absolute Gasteiger partial charge is 0.445 e. The highest BCUT2D eigenvalue weighted by atomic mass is 16.6. The molecule has 0 unspecified atom stereocenters. The maximum atomic E-state index is 12.5.